The molecule has 1 aromatic heterocycles. The van der Waals surface area contributed by atoms with Crippen LogP contribution in [0.2, 0.25) is 0 Å². The molecular weight excluding hydrogens is 430 g/mol. The van der Waals surface area contributed by atoms with Gasteiger partial charge in [0.1, 0.15) is 5.00 Å². The molecule has 0 spiro atoms. The van der Waals surface area contributed by atoms with E-state index in [0.717, 1.165) is 29.7 Å². The number of carbonyl (C=O) groups excluding carboxylic acids is 3. The Morgan fingerprint density at radius 1 is 1.17 bits per heavy atom. The maximum Gasteiger partial charge on any atom is 0.341 e. The molecule has 30 heavy (non-hydrogen) atoms. The van der Waals surface area contributed by atoms with Crippen molar-refractivity contribution in [3.8, 4) is 0 Å². The Morgan fingerprint density at radius 3 is 2.60 bits per heavy atom. The first-order valence-corrected chi connectivity index (χ1v) is 11.5. The maximum absolute atomic E-state index is 12.7. The predicted octanol–water partition coefficient (Wildman–Crippen LogP) is 2.03. The zero-order valence-electron chi connectivity index (χ0n) is 16.2. The first-order valence-electron chi connectivity index (χ1n) is 9.17. The lowest BCUT2D eigenvalue weighted by Gasteiger charge is -2.13. The van der Waals surface area contributed by atoms with Gasteiger partial charge in [0.2, 0.25) is 15.9 Å². The Morgan fingerprint density at radius 2 is 1.90 bits per heavy atom. The Labute approximate surface area is 177 Å². The summed E-state index contributed by atoms with van der Waals surface area (Å²) in [6.45, 7) is 0.791. The highest BCUT2D eigenvalue weighted by molar-refractivity contribution is 7.89. The van der Waals surface area contributed by atoms with Crippen LogP contribution in [0.15, 0.2) is 29.2 Å². The number of hydrogen-bond acceptors (Lipinski definition) is 7. The second-order valence-corrected chi connectivity index (χ2v) is 9.46. The summed E-state index contributed by atoms with van der Waals surface area (Å²) in [5.41, 5.74) is 1.37. The summed E-state index contributed by atoms with van der Waals surface area (Å²) in [5.74, 6) is -1.62. The molecule has 11 heteroatoms. The van der Waals surface area contributed by atoms with E-state index in [-0.39, 0.29) is 16.5 Å². The largest absolute Gasteiger partial charge is 0.452 e. The summed E-state index contributed by atoms with van der Waals surface area (Å²) < 4.78 is 28.0. The van der Waals surface area contributed by atoms with E-state index in [2.05, 4.69) is 10.6 Å². The van der Waals surface area contributed by atoms with Gasteiger partial charge in [-0.3, -0.25) is 9.59 Å². The molecule has 0 saturated carbocycles. The topological polar surface area (TPSA) is 145 Å². The second kappa shape index (κ2) is 8.94. The van der Waals surface area contributed by atoms with E-state index in [9.17, 15) is 22.8 Å². The van der Waals surface area contributed by atoms with Crippen molar-refractivity contribution in [1.82, 2.24) is 0 Å². The zero-order chi connectivity index (χ0) is 21.9. The van der Waals surface area contributed by atoms with E-state index in [1.807, 2.05) is 0 Å². The second-order valence-electron chi connectivity index (χ2n) is 6.79. The van der Waals surface area contributed by atoms with Crippen LogP contribution >= 0.6 is 11.3 Å². The van der Waals surface area contributed by atoms with Gasteiger partial charge in [-0.1, -0.05) is 6.07 Å². The van der Waals surface area contributed by atoms with Crippen LogP contribution < -0.4 is 15.8 Å². The fourth-order valence-electron chi connectivity index (χ4n) is 3.18. The molecule has 1 heterocycles. The molecule has 4 N–H and O–H groups in total. The molecule has 0 fully saturated rings. The van der Waals surface area contributed by atoms with Gasteiger partial charge >= 0.3 is 5.97 Å². The number of benzene rings is 1. The number of sulfonamides is 1. The number of rotatable bonds is 6. The number of aryl methyl sites for hydroxylation is 1. The van der Waals surface area contributed by atoms with E-state index in [1.54, 1.807) is 0 Å². The SMILES string of the molecule is CC(=O)Nc1sc2c(c1C(=O)OCC(=O)Nc1cccc(S(N)(=O)=O)c1)CCCC2. The lowest BCUT2D eigenvalue weighted by molar-refractivity contribution is -0.119. The van der Waals surface area contributed by atoms with Crippen LogP contribution in [0.5, 0.6) is 0 Å². The number of ether oxygens (including phenoxy) is 1. The molecule has 1 aromatic carbocycles. The summed E-state index contributed by atoms with van der Waals surface area (Å²) in [7, 11) is -3.91. The van der Waals surface area contributed by atoms with Crippen molar-refractivity contribution in [2.24, 2.45) is 5.14 Å². The molecule has 1 aliphatic carbocycles. The highest BCUT2D eigenvalue weighted by Gasteiger charge is 2.27. The van der Waals surface area contributed by atoms with Gasteiger partial charge in [0.05, 0.1) is 10.5 Å². The average Bonchev–Trinajstić information content (AvgIpc) is 3.02. The van der Waals surface area contributed by atoms with Crippen LogP contribution in [0, 0.1) is 0 Å². The third-order valence-electron chi connectivity index (χ3n) is 4.45. The van der Waals surface area contributed by atoms with Crippen molar-refractivity contribution in [1.29, 1.82) is 0 Å². The molecule has 0 saturated heterocycles. The molecule has 1 aliphatic rings. The van der Waals surface area contributed by atoms with Gasteiger partial charge in [-0.25, -0.2) is 18.4 Å². The summed E-state index contributed by atoms with van der Waals surface area (Å²) in [6.07, 6.45) is 3.50. The minimum Gasteiger partial charge on any atom is -0.452 e. The molecule has 0 aliphatic heterocycles. The van der Waals surface area contributed by atoms with Crippen LogP contribution in [0.3, 0.4) is 0 Å². The van der Waals surface area contributed by atoms with Crippen molar-refractivity contribution >= 4 is 49.8 Å². The molecule has 0 unspecified atom stereocenters. The van der Waals surface area contributed by atoms with E-state index in [1.165, 1.54) is 42.5 Å². The summed E-state index contributed by atoms with van der Waals surface area (Å²) in [4.78, 5) is 37.2. The van der Waals surface area contributed by atoms with Crippen LogP contribution in [-0.2, 0) is 37.2 Å². The van der Waals surface area contributed by atoms with E-state index >= 15 is 0 Å². The summed E-state index contributed by atoms with van der Waals surface area (Å²) in [6, 6.07) is 5.42. The number of hydrogen-bond donors (Lipinski definition) is 3. The number of primary sulfonamides is 1. The molecular formula is C19H21N3O6S2. The number of fused-ring (bicyclic) bond motifs is 1. The Hall–Kier alpha value is -2.76. The summed E-state index contributed by atoms with van der Waals surface area (Å²) >= 11 is 1.36. The van der Waals surface area contributed by atoms with Crippen molar-refractivity contribution in [3.63, 3.8) is 0 Å². The summed E-state index contributed by atoms with van der Waals surface area (Å²) in [5, 5.41) is 10.6. The number of carbonyl (C=O) groups is 3. The van der Waals surface area contributed by atoms with Crippen molar-refractivity contribution < 1.29 is 27.5 Å². The molecule has 160 valence electrons. The lowest BCUT2D eigenvalue weighted by Crippen LogP contribution is -2.22. The monoisotopic (exact) mass is 451 g/mol. The van der Waals surface area contributed by atoms with Gasteiger partial charge in [-0.15, -0.1) is 11.3 Å². The molecule has 2 aromatic rings. The quantitative estimate of drug-likeness (QED) is 0.573. The number of amides is 2. The number of nitrogens with one attached hydrogen (secondary N) is 2. The van der Waals surface area contributed by atoms with E-state index in [0.29, 0.717) is 17.0 Å². The predicted molar refractivity (Wildman–Crippen MR) is 112 cm³/mol. The fraction of sp³-hybridized carbons (Fsp3) is 0.316. The fourth-order valence-corrected chi connectivity index (χ4v) is 5.06. The van der Waals surface area contributed by atoms with Crippen LogP contribution in [0.1, 0.15) is 40.6 Å². The minimum absolute atomic E-state index is 0.151. The number of anilines is 2. The first-order chi connectivity index (χ1) is 14.1. The smallest absolute Gasteiger partial charge is 0.341 e. The molecule has 0 atom stereocenters. The van der Waals surface area contributed by atoms with E-state index < -0.39 is 28.5 Å². The molecule has 2 amide bonds. The third kappa shape index (κ3) is 5.23. The van der Waals surface area contributed by atoms with Gasteiger partial charge in [0, 0.05) is 17.5 Å². The minimum atomic E-state index is -3.91. The van der Waals surface area contributed by atoms with Gasteiger partial charge in [0.25, 0.3) is 5.91 Å². The molecule has 3 rings (SSSR count). The first kappa shape index (κ1) is 21.9. The standard InChI is InChI=1S/C19H21N3O6S2/c1-11(23)21-18-17(14-7-2-3-8-15(14)29-18)19(25)28-10-16(24)22-12-5-4-6-13(9-12)30(20,26)27/h4-6,9H,2-3,7-8,10H2,1H3,(H,21,23)(H,22,24)(H2,20,26,27). The third-order valence-corrected chi connectivity index (χ3v) is 6.56. The maximum atomic E-state index is 12.7. The van der Waals surface area contributed by atoms with Gasteiger partial charge in [-0.2, -0.15) is 0 Å². The van der Waals surface area contributed by atoms with Crippen molar-refractivity contribution in [2.45, 2.75) is 37.5 Å². The number of thiophene rings is 1. The lowest BCUT2D eigenvalue weighted by atomic mass is 9.95. The van der Waals surface area contributed by atoms with Crippen LogP contribution in [0.25, 0.3) is 0 Å². The van der Waals surface area contributed by atoms with Crippen LogP contribution in [-0.4, -0.2) is 32.8 Å². The number of esters is 1. The molecule has 9 nitrogen and oxygen atoms in total. The zero-order valence-corrected chi connectivity index (χ0v) is 17.8. The molecule has 0 bridgehead atoms. The molecule has 0 radical (unpaired) electrons. The Bertz CT molecular complexity index is 1110. The van der Waals surface area contributed by atoms with Crippen molar-refractivity contribution in [2.75, 3.05) is 17.2 Å². The normalized spacial score (nSPS) is 13.3. The average molecular weight is 452 g/mol. The van der Waals surface area contributed by atoms with Gasteiger partial charge < -0.3 is 15.4 Å². The van der Waals surface area contributed by atoms with Crippen molar-refractivity contribution in [3.05, 3.63) is 40.3 Å². The number of nitrogens with two attached hydrogens (primary N) is 1. The van der Waals surface area contributed by atoms with Gasteiger partial charge in [-0.05, 0) is 49.4 Å². The highest BCUT2D eigenvalue weighted by atomic mass is 32.2. The Kier molecular flexibility index (Phi) is 6.54. The van der Waals surface area contributed by atoms with Gasteiger partial charge in [0.15, 0.2) is 6.61 Å². The van der Waals surface area contributed by atoms with E-state index in [4.69, 9.17) is 9.88 Å². The highest BCUT2D eigenvalue weighted by Crippen LogP contribution is 2.38. The Balaban J connectivity index is 1.69. The van der Waals surface area contributed by atoms with Crippen LogP contribution in [0.4, 0.5) is 10.7 Å².